The lowest BCUT2D eigenvalue weighted by Crippen LogP contribution is -2.30. The number of aromatic nitrogens is 1. The number of hydrazine groups is 1. The zero-order valence-electron chi connectivity index (χ0n) is 10.5. The Morgan fingerprint density at radius 2 is 1.81 bits per heavy atom. The minimum absolute atomic E-state index is 0.102. The maximum Gasteiger partial charge on any atom is 0.573 e. The molecule has 1 aromatic heterocycles. The summed E-state index contributed by atoms with van der Waals surface area (Å²) in [5.74, 6) is 4.12. The van der Waals surface area contributed by atoms with Crippen molar-refractivity contribution in [3.8, 4) is 17.0 Å². The molecule has 5 nitrogen and oxygen atoms in total. The highest BCUT2D eigenvalue weighted by Gasteiger charge is 2.30. The number of pyridine rings is 1. The summed E-state index contributed by atoms with van der Waals surface area (Å²) in [5, 5.41) is 0. The van der Waals surface area contributed by atoms with Crippen LogP contribution in [0.5, 0.6) is 5.75 Å². The molecule has 1 amide bonds. The molecule has 0 fully saturated rings. The number of halogens is 3. The molecule has 0 saturated carbocycles. The number of ether oxygens (including phenoxy) is 1. The number of amides is 1. The van der Waals surface area contributed by atoms with Crippen molar-refractivity contribution in [3.05, 3.63) is 48.2 Å². The first kappa shape index (κ1) is 14.8. The van der Waals surface area contributed by atoms with Gasteiger partial charge >= 0.3 is 6.36 Å². The van der Waals surface area contributed by atoms with E-state index in [-0.39, 0.29) is 11.4 Å². The first-order valence-corrected chi connectivity index (χ1v) is 5.73. The zero-order valence-corrected chi connectivity index (χ0v) is 10.5. The van der Waals surface area contributed by atoms with E-state index in [2.05, 4.69) is 9.72 Å². The van der Waals surface area contributed by atoms with Crippen LogP contribution in [0, 0.1) is 0 Å². The standard InChI is InChI=1S/C13H10F3N3O2/c14-13(15,16)21-9-6-4-8(5-7-9)10-2-1-3-11(18-10)12(20)19-17/h1-7H,17H2,(H,19,20). The van der Waals surface area contributed by atoms with Gasteiger partial charge in [0.25, 0.3) is 5.91 Å². The Labute approximate surface area is 117 Å². The van der Waals surface area contributed by atoms with Crippen molar-refractivity contribution in [2.45, 2.75) is 6.36 Å². The zero-order chi connectivity index (χ0) is 15.5. The van der Waals surface area contributed by atoms with E-state index in [0.29, 0.717) is 11.3 Å². The Morgan fingerprint density at radius 1 is 1.14 bits per heavy atom. The van der Waals surface area contributed by atoms with E-state index >= 15 is 0 Å². The van der Waals surface area contributed by atoms with E-state index < -0.39 is 12.3 Å². The number of nitrogens with one attached hydrogen (secondary N) is 1. The molecule has 1 heterocycles. The molecule has 0 aliphatic rings. The van der Waals surface area contributed by atoms with Crippen LogP contribution < -0.4 is 16.0 Å². The molecule has 21 heavy (non-hydrogen) atoms. The number of alkyl halides is 3. The van der Waals surface area contributed by atoms with Gasteiger partial charge in [0, 0.05) is 5.56 Å². The molecule has 0 saturated heterocycles. The van der Waals surface area contributed by atoms with E-state index in [0.717, 1.165) is 0 Å². The van der Waals surface area contributed by atoms with Gasteiger partial charge < -0.3 is 4.74 Å². The fraction of sp³-hybridized carbons (Fsp3) is 0.0769. The number of hydrogen-bond acceptors (Lipinski definition) is 4. The highest BCUT2D eigenvalue weighted by atomic mass is 19.4. The molecule has 0 spiro atoms. The van der Waals surface area contributed by atoms with Crippen LogP contribution in [0.1, 0.15) is 10.5 Å². The molecule has 0 aliphatic carbocycles. The van der Waals surface area contributed by atoms with Gasteiger partial charge in [-0.05, 0) is 36.4 Å². The van der Waals surface area contributed by atoms with Gasteiger partial charge in [0.1, 0.15) is 11.4 Å². The Balaban J connectivity index is 2.25. The number of hydrogen-bond donors (Lipinski definition) is 2. The average Bonchev–Trinajstić information content (AvgIpc) is 2.45. The molecule has 8 heteroatoms. The van der Waals surface area contributed by atoms with Crippen LogP contribution >= 0.6 is 0 Å². The number of nitrogens with two attached hydrogens (primary N) is 1. The van der Waals surface area contributed by atoms with E-state index in [4.69, 9.17) is 5.84 Å². The van der Waals surface area contributed by atoms with E-state index in [9.17, 15) is 18.0 Å². The summed E-state index contributed by atoms with van der Waals surface area (Å²) in [6.45, 7) is 0. The first-order valence-electron chi connectivity index (χ1n) is 5.73. The molecule has 0 unspecified atom stereocenters. The minimum atomic E-state index is -4.74. The monoisotopic (exact) mass is 297 g/mol. The van der Waals surface area contributed by atoms with E-state index in [1.807, 2.05) is 5.43 Å². The van der Waals surface area contributed by atoms with Crippen LogP contribution in [-0.2, 0) is 0 Å². The normalized spacial score (nSPS) is 11.0. The van der Waals surface area contributed by atoms with Crippen molar-refractivity contribution >= 4 is 5.91 Å². The quantitative estimate of drug-likeness (QED) is 0.517. The summed E-state index contributed by atoms with van der Waals surface area (Å²) in [7, 11) is 0. The minimum Gasteiger partial charge on any atom is -0.406 e. The van der Waals surface area contributed by atoms with Gasteiger partial charge in [-0.15, -0.1) is 13.2 Å². The SMILES string of the molecule is NNC(=O)c1cccc(-c2ccc(OC(F)(F)F)cc2)n1. The first-order chi connectivity index (χ1) is 9.89. The fourth-order valence-corrected chi connectivity index (χ4v) is 1.62. The van der Waals surface area contributed by atoms with Crippen LogP contribution in [0.2, 0.25) is 0 Å². The van der Waals surface area contributed by atoms with Crippen LogP contribution in [0.15, 0.2) is 42.5 Å². The lowest BCUT2D eigenvalue weighted by molar-refractivity contribution is -0.274. The van der Waals surface area contributed by atoms with Gasteiger partial charge in [-0.1, -0.05) is 6.07 Å². The summed E-state index contributed by atoms with van der Waals surface area (Å²) >= 11 is 0. The fourth-order valence-electron chi connectivity index (χ4n) is 1.62. The average molecular weight is 297 g/mol. The second-order valence-electron chi connectivity index (χ2n) is 3.95. The van der Waals surface area contributed by atoms with Crippen molar-refractivity contribution in [2.24, 2.45) is 5.84 Å². The van der Waals surface area contributed by atoms with Crippen LogP contribution in [0.4, 0.5) is 13.2 Å². The van der Waals surface area contributed by atoms with Gasteiger partial charge in [-0.2, -0.15) is 0 Å². The second-order valence-corrected chi connectivity index (χ2v) is 3.95. The van der Waals surface area contributed by atoms with Gasteiger partial charge in [0.2, 0.25) is 0 Å². The molecule has 2 aromatic rings. The molecular weight excluding hydrogens is 287 g/mol. The van der Waals surface area contributed by atoms with Crippen molar-refractivity contribution in [1.29, 1.82) is 0 Å². The van der Waals surface area contributed by atoms with Gasteiger partial charge in [0.15, 0.2) is 0 Å². The third-order valence-electron chi connectivity index (χ3n) is 2.50. The van der Waals surface area contributed by atoms with Crippen LogP contribution in [0.3, 0.4) is 0 Å². The predicted octanol–water partition coefficient (Wildman–Crippen LogP) is 2.25. The molecule has 0 atom stereocenters. The maximum absolute atomic E-state index is 12.1. The number of rotatable bonds is 3. The predicted molar refractivity (Wildman–Crippen MR) is 68.0 cm³/mol. The smallest absolute Gasteiger partial charge is 0.406 e. The molecule has 0 radical (unpaired) electrons. The van der Waals surface area contributed by atoms with Crippen molar-refractivity contribution in [1.82, 2.24) is 10.4 Å². The third kappa shape index (κ3) is 3.93. The summed E-state index contributed by atoms with van der Waals surface area (Å²) in [5.41, 5.74) is 3.01. The number of nitrogen functional groups attached to an aromatic ring is 1. The molecule has 110 valence electrons. The molecular formula is C13H10F3N3O2. The van der Waals surface area contributed by atoms with Crippen molar-refractivity contribution in [3.63, 3.8) is 0 Å². The van der Waals surface area contributed by atoms with Gasteiger partial charge in [-0.25, -0.2) is 10.8 Å². The maximum atomic E-state index is 12.1. The Morgan fingerprint density at radius 3 is 2.38 bits per heavy atom. The highest BCUT2D eigenvalue weighted by molar-refractivity contribution is 5.92. The van der Waals surface area contributed by atoms with Gasteiger partial charge in [-0.3, -0.25) is 10.2 Å². The van der Waals surface area contributed by atoms with Crippen LogP contribution in [-0.4, -0.2) is 17.3 Å². The van der Waals surface area contributed by atoms with Crippen LogP contribution in [0.25, 0.3) is 11.3 Å². The number of carbonyl (C=O) groups is 1. The number of nitrogens with zero attached hydrogens (tertiary/aromatic N) is 1. The topological polar surface area (TPSA) is 77.2 Å². The van der Waals surface area contributed by atoms with Crippen molar-refractivity contribution in [2.75, 3.05) is 0 Å². The summed E-state index contributed by atoms with van der Waals surface area (Å²) < 4.78 is 39.9. The lowest BCUT2D eigenvalue weighted by atomic mass is 10.1. The molecule has 3 N–H and O–H groups in total. The Hall–Kier alpha value is -2.61. The molecule has 0 bridgehead atoms. The molecule has 1 aromatic carbocycles. The lowest BCUT2D eigenvalue weighted by Gasteiger charge is -2.09. The number of benzene rings is 1. The number of carbonyl (C=O) groups excluding carboxylic acids is 1. The summed E-state index contributed by atoms with van der Waals surface area (Å²) in [6, 6.07) is 9.83. The third-order valence-corrected chi connectivity index (χ3v) is 2.50. The molecule has 2 rings (SSSR count). The molecule has 0 aliphatic heterocycles. The summed E-state index contributed by atoms with van der Waals surface area (Å²) in [6.07, 6.45) is -4.74. The Kier molecular flexibility index (Phi) is 4.08. The second kappa shape index (κ2) is 5.80. The Bertz CT molecular complexity index is 642. The van der Waals surface area contributed by atoms with E-state index in [1.165, 1.54) is 30.3 Å². The summed E-state index contributed by atoms with van der Waals surface area (Å²) in [4.78, 5) is 15.4. The van der Waals surface area contributed by atoms with E-state index in [1.54, 1.807) is 12.1 Å². The van der Waals surface area contributed by atoms with Crippen molar-refractivity contribution < 1.29 is 22.7 Å². The van der Waals surface area contributed by atoms with Gasteiger partial charge in [0.05, 0.1) is 5.69 Å². The highest BCUT2D eigenvalue weighted by Crippen LogP contribution is 2.25. The largest absolute Gasteiger partial charge is 0.573 e.